The Morgan fingerprint density at radius 3 is 2.33 bits per heavy atom. The zero-order chi connectivity index (χ0) is 4.99. The van der Waals surface area contributed by atoms with Crippen LogP contribution in [-0.2, 0) is 0 Å². The van der Waals surface area contributed by atoms with Crippen LogP contribution in [0.1, 0.15) is 6.92 Å². The lowest BCUT2D eigenvalue weighted by molar-refractivity contribution is 0.946. The molecule has 0 saturated carbocycles. The minimum absolute atomic E-state index is 0.678. The van der Waals surface area contributed by atoms with E-state index < -0.39 is 0 Å². The summed E-state index contributed by atoms with van der Waals surface area (Å²) in [5, 5.41) is 0. The Morgan fingerprint density at radius 1 is 1.83 bits per heavy atom. The molecule has 5 N–H and O–H groups in total. The van der Waals surface area contributed by atoms with Crippen LogP contribution in [0.15, 0.2) is 11.9 Å². The van der Waals surface area contributed by atoms with Crippen LogP contribution in [0.25, 0.3) is 0 Å². The summed E-state index contributed by atoms with van der Waals surface area (Å²) in [7, 11) is 0. The van der Waals surface area contributed by atoms with E-state index in [4.69, 9.17) is 11.6 Å². The summed E-state index contributed by atoms with van der Waals surface area (Å²) in [4.78, 5) is 0. The van der Waals surface area contributed by atoms with Crippen LogP contribution in [0.2, 0.25) is 0 Å². The standard InChI is InChI=1S/C3H9N3/c1-3(4)2-6-5/h2,6H,4-5H2,1H3/b3-2+. The number of hydrazine groups is 1. The van der Waals surface area contributed by atoms with Gasteiger partial charge >= 0.3 is 0 Å². The highest BCUT2D eigenvalue weighted by molar-refractivity contribution is 4.87. The van der Waals surface area contributed by atoms with Gasteiger partial charge in [0.2, 0.25) is 0 Å². The Morgan fingerprint density at radius 2 is 2.33 bits per heavy atom. The summed E-state index contributed by atoms with van der Waals surface area (Å²) in [5.74, 6) is 4.82. The molecule has 0 heterocycles. The Bertz CT molecular complexity index is 53.1. The zero-order valence-corrected chi connectivity index (χ0v) is 3.73. The fourth-order valence-electron chi connectivity index (χ4n) is 0.131. The molecule has 0 saturated heterocycles. The fraction of sp³-hybridized carbons (Fsp3) is 0.333. The average Bonchev–Trinajstić information content (AvgIpc) is 1.35. The number of hydrogen-bond acceptors (Lipinski definition) is 3. The second-order valence-corrected chi connectivity index (χ2v) is 1.06. The smallest absolute Gasteiger partial charge is 0.0307 e. The van der Waals surface area contributed by atoms with E-state index in [0.29, 0.717) is 5.70 Å². The molecule has 0 aliphatic rings. The van der Waals surface area contributed by atoms with Crippen molar-refractivity contribution >= 4 is 0 Å². The molecule has 0 aliphatic heterocycles. The van der Waals surface area contributed by atoms with Gasteiger partial charge in [0.05, 0.1) is 0 Å². The van der Waals surface area contributed by atoms with Crippen molar-refractivity contribution < 1.29 is 0 Å². The molecular formula is C3H9N3. The molecular weight excluding hydrogens is 78.1 g/mol. The first kappa shape index (κ1) is 5.30. The monoisotopic (exact) mass is 87.1 g/mol. The van der Waals surface area contributed by atoms with Gasteiger partial charge in [-0.25, -0.2) is 0 Å². The molecule has 36 valence electrons. The minimum Gasteiger partial charge on any atom is -0.401 e. The summed E-state index contributed by atoms with van der Waals surface area (Å²) in [6, 6.07) is 0. The second-order valence-electron chi connectivity index (χ2n) is 1.06. The first-order chi connectivity index (χ1) is 2.77. The van der Waals surface area contributed by atoms with Gasteiger partial charge in [-0.15, -0.1) is 0 Å². The van der Waals surface area contributed by atoms with E-state index in [-0.39, 0.29) is 0 Å². The Labute approximate surface area is 37.0 Å². The quantitative estimate of drug-likeness (QED) is 0.292. The highest BCUT2D eigenvalue weighted by Crippen LogP contribution is 1.67. The molecule has 0 fully saturated rings. The van der Waals surface area contributed by atoms with Crippen LogP contribution in [0.5, 0.6) is 0 Å². The predicted octanol–water partition coefficient (Wildman–Crippen LogP) is -0.730. The van der Waals surface area contributed by atoms with Crippen molar-refractivity contribution in [3.8, 4) is 0 Å². The maximum atomic E-state index is 5.12. The molecule has 0 aromatic carbocycles. The number of nitrogens with one attached hydrogen (secondary N) is 1. The van der Waals surface area contributed by atoms with Gasteiger partial charge in [-0.05, 0) is 6.92 Å². The van der Waals surface area contributed by atoms with Crippen LogP contribution in [-0.4, -0.2) is 0 Å². The van der Waals surface area contributed by atoms with Crippen LogP contribution in [0.4, 0.5) is 0 Å². The maximum absolute atomic E-state index is 5.12. The average molecular weight is 87.1 g/mol. The summed E-state index contributed by atoms with van der Waals surface area (Å²) in [5.41, 5.74) is 8.08. The molecule has 0 amide bonds. The van der Waals surface area contributed by atoms with Gasteiger partial charge in [-0.2, -0.15) is 0 Å². The third-order valence-corrected chi connectivity index (χ3v) is 0.311. The highest BCUT2D eigenvalue weighted by atomic mass is 15.2. The molecule has 0 aromatic heterocycles. The van der Waals surface area contributed by atoms with Crippen LogP contribution < -0.4 is 17.0 Å². The van der Waals surface area contributed by atoms with E-state index in [2.05, 4.69) is 5.43 Å². The molecule has 3 nitrogen and oxygen atoms in total. The van der Waals surface area contributed by atoms with Crippen molar-refractivity contribution in [3.63, 3.8) is 0 Å². The predicted molar refractivity (Wildman–Crippen MR) is 25.3 cm³/mol. The van der Waals surface area contributed by atoms with Crippen LogP contribution >= 0.6 is 0 Å². The van der Waals surface area contributed by atoms with Crippen molar-refractivity contribution in [2.24, 2.45) is 11.6 Å². The van der Waals surface area contributed by atoms with Crippen molar-refractivity contribution in [3.05, 3.63) is 11.9 Å². The molecule has 0 rings (SSSR count). The lowest BCUT2D eigenvalue weighted by Crippen LogP contribution is -2.15. The van der Waals surface area contributed by atoms with E-state index in [9.17, 15) is 0 Å². The van der Waals surface area contributed by atoms with Gasteiger partial charge < -0.3 is 11.2 Å². The molecule has 0 radical (unpaired) electrons. The molecule has 0 aliphatic carbocycles. The summed E-state index contributed by atoms with van der Waals surface area (Å²) >= 11 is 0. The SMILES string of the molecule is C/C(N)=C\NN. The van der Waals surface area contributed by atoms with E-state index in [1.807, 2.05) is 0 Å². The summed E-state index contributed by atoms with van der Waals surface area (Å²) in [6.45, 7) is 1.75. The fourth-order valence-corrected chi connectivity index (χ4v) is 0.131. The number of nitrogens with two attached hydrogens (primary N) is 2. The molecule has 0 unspecified atom stereocenters. The summed E-state index contributed by atoms with van der Waals surface area (Å²) < 4.78 is 0. The Hall–Kier alpha value is -0.700. The van der Waals surface area contributed by atoms with Crippen molar-refractivity contribution in [2.75, 3.05) is 0 Å². The van der Waals surface area contributed by atoms with Crippen molar-refractivity contribution in [2.45, 2.75) is 6.92 Å². The third kappa shape index (κ3) is 3.30. The van der Waals surface area contributed by atoms with E-state index in [1.165, 1.54) is 6.20 Å². The molecule has 0 bridgehead atoms. The maximum Gasteiger partial charge on any atom is 0.0307 e. The van der Waals surface area contributed by atoms with Gasteiger partial charge in [0, 0.05) is 11.9 Å². The minimum atomic E-state index is 0.678. The zero-order valence-electron chi connectivity index (χ0n) is 3.73. The molecule has 0 atom stereocenters. The van der Waals surface area contributed by atoms with Gasteiger partial charge in [0.25, 0.3) is 0 Å². The molecule has 6 heavy (non-hydrogen) atoms. The lowest BCUT2D eigenvalue weighted by atomic mass is 10.6. The van der Waals surface area contributed by atoms with Crippen LogP contribution in [0.3, 0.4) is 0 Å². The number of rotatable bonds is 1. The Kier molecular flexibility index (Phi) is 2.24. The molecule has 0 aromatic rings. The van der Waals surface area contributed by atoms with E-state index in [0.717, 1.165) is 0 Å². The summed E-state index contributed by atoms with van der Waals surface area (Å²) in [6.07, 6.45) is 1.51. The number of hydrogen-bond donors (Lipinski definition) is 3. The topological polar surface area (TPSA) is 64.1 Å². The normalized spacial score (nSPS) is 11.3. The van der Waals surface area contributed by atoms with Crippen molar-refractivity contribution in [1.82, 2.24) is 5.43 Å². The largest absolute Gasteiger partial charge is 0.401 e. The van der Waals surface area contributed by atoms with Gasteiger partial charge in [-0.3, -0.25) is 5.84 Å². The molecule has 0 spiro atoms. The number of allylic oxidation sites excluding steroid dienone is 1. The lowest BCUT2D eigenvalue weighted by Gasteiger charge is -1.85. The molecule has 3 heteroatoms. The van der Waals surface area contributed by atoms with Gasteiger partial charge in [-0.1, -0.05) is 0 Å². The van der Waals surface area contributed by atoms with Crippen LogP contribution in [0, 0.1) is 0 Å². The van der Waals surface area contributed by atoms with E-state index >= 15 is 0 Å². The first-order valence-electron chi connectivity index (χ1n) is 1.65. The van der Waals surface area contributed by atoms with Gasteiger partial charge in [0.1, 0.15) is 0 Å². The van der Waals surface area contributed by atoms with Gasteiger partial charge in [0.15, 0.2) is 0 Å². The first-order valence-corrected chi connectivity index (χ1v) is 1.65. The third-order valence-electron chi connectivity index (χ3n) is 0.311. The highest BCUT2D eigenvalue weighted by Gasteiger charge is 1.65. The second kappa shape index (κ2) is 2.53. The van der Waals surface area contributed by atoms with Crippen molar-refractivity contribution in [1.29, 1.82) is 0 Å². The Balaban J connectivity index is 3.14. The van der Waals surface area contributed by atoms with E-state index in [1.54, 1.807) is 6.92 Å².